The Morgan fingerprint density at radius 3 is 2.95 bits per heavy atom. The number of nitrogens with zero attached hydrogens (tertiary/aromatic N) is 6. The average Bonchev–Trinajstić information content (AvgIpc) is 3.11. The number of carboxylic acid groups (broad SMARTS) is 1. The van der Waals surface area contributed by atoms with Gasteiger partial charge in [-0.25, -0.2) is 9.67 Å². The Morgan fingerprint density at radius 2 is 2.33 bits per heavy atom. The fourth-order valence-corrected chi connectivity index (χ4v) is 2.46. The second-order valence-corrected chi connectivity index (χ2v) is 5.16. The van der Waals surface area contributed by atoms with E-state index < -0.39 is 5.97 Å². The first-order chi connectivity index (χ1) is 10.1. The number of carboxylic acids is 1. The second kappa shape index (κ2) is 7.18. The van der Waals surface area contributed by atoms with Crippen LogP contribution in [-0.2, 0) is 16.1 Å². The molecule has 2 aromatic heterocycles. The Balaban J connectivity index is 2.25. The van der Waals surface area contributed by atoms with Crippen LogP contribution >= 0.6 is 11.8 Å². The highest BCUT2D eigenvalue weighted by Gasteiger charge is 2.20. The standard InChI is InChI=1S/C11H16N6O3S/c1-8(17-7-12-6-13-17)10-14-15-11(21-5-9(18)19)16(10)3-4-20-2/h6-8H,3-5H2,1-2H3,(H,18,19). The van der Waals surface area contributed by atoms with Gasteiger partial charge in [-0.05, 0) is 6.92 Å². The van der Waals surface area contributed by atoms with Gasteiger partial charge in [-0.1, -0.05) is 11.8 Å². The maximum atomic E-state index is 10.7. The van der Waals surface area contributed by atoms with E-state index in [9.17, 15) is 4.79 Å². The predicted octanol–water partition coefficient (Wildman–Crippen LogP) is 0.302. The van der Waals surface area contributed by atoms with Crippen LogP contribution in [0, 0.1) is 0 Å². The third-order valence-corrected chi connectivity index (χ3v) is 3.75. The van der Waals surface area contributed by atoms with Gasteiger partial charge in [-0.2, -0.15) is 5.10 Å². The molecule has 0 amide bonds. The normalized spacial score (nSPS) is 12.5. The summed E-state index contributed by atoms with van der Waals surface area (Å²) in [5.41, 5.74) is 0. The van der Waals surface area contributed by atoms with Crippen molar-refractivity contribution in [1.29, 1.82) is 0 Å². The van der Waals surface area contributed by atoms with Crippen LogP contribution in [0.15, 0.2) is 17.8 Å². The summed E-state index contributed by atoms with van der Waals surface area (Å²) >= 11 is 1.13. The van der Waals surface area contributed by atoms with Crippen LogP contribution in [0.5, 0.6) is 0 Å². The summed E-state index contributed by atoms with van der Waals surface area (Å²) in [6.45, 7) is 2.95. The summed E-state index contributed by atoms with van der Waals surface area (Å²) in [5.74, 6) is -0.277. The Bertz CT molecular complexity index is 585. The lowest BCUT2D eigenvalue weighted by molar-refractivity contribution is -0.133. The molecule has 0 saturated carbocycles. The van der Waals surface area contributed by atoms with Gasteiger partial charge in [0.1, 0.15) is 18.7 Å². The Morgan fingerprint density at radius 1 is 1.52 bits per heavy atom. The molecule has 0 aliphatic rings. The van der Waals surface area contributed by atoms with Gasteiger partial charge in [0.2, 0.25) is 0 Å². The average molecular weight is 312 g/mol. The van der Waals surface area contributed by atoms with Crippen LogP contribution in [0.1, 0.15) is 18.8 Å². The molecule has 1 unspecified atom stereocenters. The van der Waals surface area contributed by atoms with Crippen molar-refractivity contribution in [2.45, 2.75) is 24.7 Å². The smallest absolute Gasteiger partial charge is 0.313 e. The highest BCUT2D eigenvalue weighted by Crippen LogP contribution is 2.22. The lowest BCUT2D eigenvalue weighted by Gasteiger charge is -2.14. The molecule has 0 radical (unpaired) electrons. The monoisotopic (exact) mass is 312 g/mol. The molecule has 114 valence electrons. The molecule has 21 heavy (non-hydrogen) atoms. The first kappa shape index (κ1) is 15.4. The summed E-state index contributed by atoms with van der Waals surface area (Å²) in [6, 6.07) is -0.156. The quantitative estimate of drug-likeness (QED) is 0.693. The van der Waals surface area contributed by atoms with Crippen LogP contribution in [0.3, 0.4) is 0 Å². The Labute approximate surface area is 125 Å². The number of methoxy groups -OCH3 is 1. The van der Waals surface area contributed by atoms with E-state index in [0.717, 1.165) is 11.8 Å². The molecule has 0 bridgehead atoms. The summed E-state index contributed by atoms with van der Waals surface area (Å²) < 4.78 is 8.60. The number of ether oxygens (including phenoxy) is 1. The molecule has 0 aromatic carbocycles. The Hall–Kier alpha value is -1.94. The summed E-state index contributed by atoms with van der Waals surface area (Å²) in [4.78, 5) is 14.6. The molecule has 0 saturated heterocycles. The van der Waals surface area contributed by atoms with Gasteiger partial charge in [0.25, 0.3) is 0 Å². The largest absolute Gasteiger partial charge is 0.481 e. The minimum atomic E-state index is -0.896. The van der Waals surface area contributed by atoms with Gasteiger partial charge in [0.15, 0.2) is 11.0 Å². The maximum absolute atomic E-state index is 10.7. The van der Waals surface area contributed by atoms with Crippen molar-refractivity contribution < 1.29 is 14.6 Å². The first-order valence-corrected chi connectivity index (χ1v) is 7.22. The summed E-state index contributed by atoms with van der Waals surface area (Å²) in [6.07, 6.45) is 3.05. The molecule has 0 spiro atoms. The van der Waals surface area contributed by atoms with Crippen molar-refractivity contribution >= 4 is 17.7 Å². The highest BCUT2D eigenvalue weighted by atomic mass is 32.2. The van der Waals surface area contributed by atoms with Gasteiger partial charge in [0.05, 0.1) is 12.4 Å². The van der Waals surface area contributed by atoms with Crippen LogP contribution in [0.2, 0.25) is 0 Å². The first-order valence-electron chi connectivity index (χ1n) is 6.24. The zero-order valence-corrected chi connectivity index (χ0v) is 12.5. The minimum absolute atomic E-state index is 0.0666. The molecular formula is C11H16N6O3S. The SMILES string of the molecule is COCCn1c(SCC(=O)O)nnc1C(C)n1cncn1. The second-order valence-electron chi connectivity index (χ2n) is 4.22. The lowest BCUT2D eigenvalue weighted by Crippen LogP contribution is -2.17. The van der Waals surface area contributed by atoms with E-state index in [1.807, 2.05) is 11.5 Å². The van der Waals surface area contributed by atoms with Crippen LogP contribution in [0.4, 0.5) is 0 Å². The van der Waals surface area contributed by atoms with Gasteiger partial charge >= 0.3 is 5.97 Å². The van der Waals surface area contributed by atoms with Crippen molar-refractivity contribution in [3.63, 3.8) is 0 Å². The van der Waals surface area contributed by atoms with Gasteiger partial charge < -0.3 is 14.4 Å². The highest BCUT2D eigenvalue weighted by molar-refractivity contribution is 7.99. The van der Waals surface area contributed by atoms with Crippen molar-refractivity contribution in [2.24, 2.45) is 0 Å². The fourth-order valence-electron chi connectivity index (χ4n) is 1.77. The van der Waals surface area contributed by atoms with Gasteiger partial charge in [-0.3, -0.25) is 4.79 Å². The van der Waals surface area contributed by atoms with E-state index >= 15 is 0 Å². The van der Waals surface area contributed by atoms with Crippen molar-refractivity contribution in [1.82, 2.24) is 29.5 Å². The van der Waals surface area contributed by atoms with E-state index in [-0.39, 0.29) is 11.8 Å². The zero-order chi connectivity index (χ0) is 15.2. The number of rotatable bonds is 8. The molecule has 2 rings (SSSR count). The summed E-state index contributed by atoms with van der Waals surface area (Å²) in [7, 11) is 1.61. The van der Waals surface area contributed by atoms with Crippen LogP contribution < -0.4 is 0 Å². The number of hydrogen-bond acceptors (Lipinski definition) is 7. The van der Waals surface area contributed by atoms with Crippen molar-refractivity contribution in [3.05, 3.63) is 18.5 Å². The topological polar surface area (TPSA) is 108 Å². The molecule has 0 aliphatic heterocycles. The fraction of sp³-hybridized carbons (Fsp3) is 0.545. The number of aliphatic carboxylic acids is 1. The maximum Gasteiger partial charge on any atom is 0.313 e. The molecule has 1 atom stereocenters. The van der Waals surface area contributed by atoms with E-state index in [1.54, 1.807) is 18.1 Å². The van der Waals surface area contributed by atoms with Crippen molar-refractivity contribution in [3.8, 4) is 0 Å². The van der Waals surface area contributed by atoms with E-state index in [2.05, 4.69) is 20.3 Å². The summed E-state index contributed by atoms with van der Waals surface area (Å²) in [5, 5.41) is 21.6. The number of aromatic nitrogens is 6. The molecule has 9 nitrogen and oxygen atoms in total. The molecule has 2 aromatic rings. The molecule has 2 heterocycles. The number of carbonyl (C=O) groups is 1. The van der Waals surface area contributed by atoms with Crippen LogP contribution in [0.25, 0.3) is 0 Å². The van der Waals surface area contributed by atoms with E-state index in [0.29, 0.717) is 24.1 Å². The molecule has 0 aliphatic carbocycles. The lowest BCUT2D eigenvalue weighted by atomic mass is 10.3. The number of thioether (sulfide) groups is 1. The molecular weight excluding hydrogens is 296 g/mol. The van der Waals surface area contributed by atoms with Gasteiger partial charge in [-0.15, -0.1) is 10.2 Å². The third-order valence-electron chi connectivity index (χ3n) is 2.80. The molecule has 1 N–H and O–H groups in total. The van der Waals surface area contributed by atoms with E-state index in [4.69, 9.17) is 9.84 Å². The molecule has 10 heteroatoms. The zero-order valence-electron chi connectivity index (χ0n) is 11.7. The third kappa shape index (κ3) is 3.79. The van der Waals surface area contributed by atoms with Gasteiger partial charge in [0, 0.05) is 13.7 Å². The number of hydrogen-bond donors (Lipinski definition) is 1. The van der Waals surface area contributed by atoms with Crippen molar-refractivity contribution in [2.75, 3.05) is 19.5 Å². The Kier molecular flexibility index (Phi) is 5.28. The van der Waals surface area contributed by atoms with E-state index in [1.165, 1.54) is 6.33 Å². The minimum Gasteiger partial charge on any atom is -0.481 e. The predicted molar refractivity (Wildman–Crippen MR) is 74.1 cm³/mol. The molecule has 0 fully saturated rings. The van der Waals surface area contributed by atoms with Crippen LogP contribution in [-0.4, -0.2) is 60.1 Å².